The highest BCUT2D eigenvalue weighted by molar-refractivity contribution is 5.89. The van der Waals surface area contributed by atoms with E-state index < -0.39 is 28.1 Å². The van der Waals surface area contributed by atoms with Gasteiger partial charge >= 0.3 is 11.7 Å². The number of carbonyl (C=O) groups is 1. The fraction of sp³-hybridized carbons (Fsp3) is 0.0833. The Hall–Kier alpha value is -3.28. The van der Waals surface area contributed by atoms with Crippen LogP contribution in [0.5, 0.6) is 0 Å². The Balaban J connectivity index is 2.41. The summed E-state index contributed by atoms with van der Waals surface area (Å²) < 4.78 is 14.0. The first kappa shape index (κ1) is 14.1. The van der Waals surface area contributed by atoms with E-state index in [1.54, 1.807) is 6.07 Å². The van der Waals surface area contributed by atoms with E-state index in [0.29, 0.717) is 5.56 Å². The van der Waals surface area contributed by atoms with Crippen molar-refractivity contribution in [1.29, 1.82) is 5.26 Å². The molecule has 0 spiro atoms. The van der Waals surface area contributed by atoms with Gasteiger partial charge in [0, 0.05) is 0 Å². The Morgan fingerprint density at radius 3 is 2.81 bits per heavy atom. The summed E-state index contributed by atoms with van der Waals surface area (Å²) >= 11 is 0. The molecule has 0 atom stereocenters. The van der Waals surface area contributed by atoms with E-state index in [1.807, 2.05) is 0 Å². The van der Waals surface area contributed by atoms with Gasteiger partial charge in [-0.15, -0.1) is 0 Å². The van der Waals surface area contributed by atoms with Crippen LogP contribution in [0.15, 0.2) is 24.4 Å². The lowest BCUT2D eigenvalue weighted by molar-refractivity contribution is -0.385. The number of hydrogen-bond acceptors (Lipinski definition) is 5. The van der Waals surface area contributed by atoms with E-state index in [-0.39, 0.29) is 12.1 Å². The molecule has 0 fully saturated rings. The predicted octanol–water partition coefficient (Wildman–Crippen LogP) is 1.55. The number of halogens is 1. The molecule has 0 aliphatic carbocycles. The first-order valence-corrected chi connectivity index (χ1v) is 5.56. The number of nitriles is 1. The van der Waals surface area contributed by atoms with E-state index in [4.69, 9.17) is 10.4 Å². The number of aromatic carboxylic acids is 1. The van der Waals surface area contributed by atoms with Crippen LogP contribution < -0.4 is 0 Å². The molecule has 1 N–H and O–H groups in total. The van der Waals surface area contributed by atoms with Gasteiger partial charge in [0.15, 0.2) is 0 Å². The van der Waals surface area contributed by atoms with Gasteiger partial charge in [-0.3, -0.25) is 14.8 Å². The van der Waals surface area contributed by atoms with E-state index >= 15 is 0 Å². The largest absolute Gasteiger partial charge is 0.476 e. The number of aromatic nitrogens is 2. The van der Waals surface area contributed by atoms with Crippen molar-refractivity contribution in [3.8, 4) is 6.07 Å². The van der Waals surface area contributed by atoms with Crippen molar-refractivity contribution < 1.29 is 19.2 Å². The topological polar surface area (TPSA) is 122 Å². The van der Waals surface area contributed by atoms with E-state index in [1.165, 1.54) is 6.07 Å². The van der Waals surface area contributed by atoms with Gasteiger partial charge in [0.1, 0.15) is 12.0 Å². The summed E-state index contributed by atoms with van der Waals surface area (Å²) in [6, 6.07) is 5.28. The van der Waals surface area contributed by atoms with Crippen LogP contribution in [0.1, 0.15) is 21.6 Å². The lowest BCUT2D eigenvalue weighted by Gasteiger charge is -2.03. The molecule has 1 aromatic heterocycles. The minimum Gasteiger partial charge on any atom is -0.476 e. The first-order chi connectivity index (χ1) is 9.92. The SMILES string of the molecule is N#Cc1cc(F)ccc1Cn1cc([N+](=O)[O-])c(C(=O)O)n1. The Morgan fingerprint density at radius 1 is 1.57 bits per heavy atom. The highest BCUT2D eigenvalue weighted by atomic mass is 19.1. The van der Waals surface area contributed by atoms with Gasteiger partial charge in [0.25, 0.3) is 0 Å². The normalized spacial score (nSPS) is 10.1. The molecular formula is C12H7FN4O4. The Kier molecular flexibility index (Phi) is 3.62. The van der Waals surface area contributed by atoms with Crippen molar-refractivity contribution >= 4 is 11.7 Å². The Labute approximate surface area is 116 Å². The molecule has 1 heterocycles. The van der Waals surface area contributed by atoms with Crippen LogP contribution in [0.2, 0.25) is 0 Å². The summed E-state index contributed by atoms with van der Waals surface area (Å²) in [4.78, 5) is 20.8. The second kappa shape index (κ2) is 5.38. The molecule has 0 radical (unpaired) electrons. The molecule has 1 aromatic carbocycles. The summed E-state index contributed by atoms with van der Waals surface area (Å²) in [6.45, 7) is -0.0860. The maximum atomic E-state index is 13.0. The molecule has 2 rings (SSSR count). The fourth-order valence-electron chi connectivity index (χ4n) is 1.74. The third-order valence-electron chi connectivity index (χ3n) is 2.67. The predicted molar refractivity (Wildman–Crippen MR) is 66.1 cm³/mol. The number of rotatable bonds is 4. The van der Waals surface area contributed by atoms with Gasteiger partial charge in [-0.05, 0) is 17.7 Å². The van der Waals surface area contributed by atoms with E-state index in [0.717, 1.165) is 23.0 Å². The minimum atomic E-state index is -1.53. The summed E-state index contributed by atoms with van der Waals surface area (Å²) in [7, 11) is 0. The van der Waals surface area contributed by atoms with E-state index in [2.05, 4.69) is 5.10 Å². The molecule has 0 amide bonds. The summed E-state index contributed by atoms with van der Waals surface area (Å²) in [5.74, 6) is -2.12. The zero-order chi connectivity index (χ0) is 15.6. The lowest BCUT2D eigenvalue weighted by Crippen LogP contribution is -2.05. The van der Waals surface area contributed by atoms with E-state index in [9.17, 15) is 19.3 Å². The van der Waals surface area contributed by atoms with Crippen molar-refractivity contribution in [2.24, 2.45) is 0 Å². The molecule has 0 bridgehead atoms. The van der Waals surface area contributed by atoms with Gasteiger partial charge in [-0.25, -0.2) is 9.18 Å². The van der Waals surface area contributed by atoms with Crippen LogP contribution in [0.3, 0.4) is 0 Å². The number of carboxylic acid groups (broad SMARTS) is 1. The third kappa shape index (κ3) is 2.84. The Bertz CT molecular complexity index is 747. The number of nitrogens with zero attached hydrogens (tertiary/aromatic N) is 4. The highest BCUT2D eigenvalue weighted by Crippen LogP contribution is 2.18. The summed E-state index contributed by atoms with van der Waals surface area (Å²) in [5, 5.41) is 32.1. The van der Waals surface area contributed by atoms with Crippen LogP contribution in [0, 0.1) is 27.3 Å². The molecule has 0 saturated carbocycles. The van der Waals surface area contributed by atoms with Gasteiger partial charge in [0.2, 0.25) is 5.69 Å². The van der Waals surface area contributed by atoms with Crippen LogP contribution >= 0.6 is 0 Å². The molecule has 0 unspecified atom stereocenters. The van der Waals surface area contributed by atoms with Crippen LogP contribution in [-0.4, -0.2) is 25.8 Å². The van der Waals surface area contributed by atoms with Crippen molar-refractivity contribution in [1.82, 2.24) is 9.78 Å². The second-order valence-corrected chi connectivity index (χ2v) is 4.04. The van der Waals surface area contributed by atoms with Gasteiger partial charge in [-0.2, -0.15) is 10.4 Å². The summed E-state index contributed by atoms with van der Waals surface area (Å²) in [6.07, 6.45) is 0.952. The second-order valence-electron chi connectivity index (χ2n) is 4.04. The zero-order valence-electron chi connectivity index (χ0n) is 10.4. The standard InChI is InChI=1S/C12H7FN4O4/c13-9-2-1-7(8(3-9)4-14)5-16-6-10(17(20)21)11(15-16)12(18)19/h1-3,6H,5H2,(H,18,19). The molecule has 0 saturated heterocycles. The average Bonchev–Trinajstić information content (AvgIpc) is 2.85. The maximum absolute atomic E-state index is 13.0. The van der Waals surface area contributed by atoms with Crippen molar-refractivity contribution in [2.45, 2.75) is 6.54 Å². The van der Waals surface area contributed by atoms with Crippen LogP contribution in [0.4, 0.5) is 10.1 Å². The molecule has 0 aliphatic rings. The number of hydrogen-bond donors (Lipinski definition) is 1. The number of carboxylic acids is 1. The molecule has 8 nitrogen and oxygen atoms in total. The number of nitro groups is 1. The molecule has 9 heteroatoms. The average molecular weight is 290 g/mol. The van der Waals surface area contributed by atoms with Crippen molar-refractivity contribution in [3.63, 3.8) is 0 Å². The van der Waals surface area contributed by atoms with Gasteiger partial charge < -0.3 is 5.11 Å². The van der Waals surface area contributed by atoms with Crippen molar-refractivity contribution in [3.05, 3.63) is 57.1 Å². The van der Waals surface area contributed by atoms with Gasteiger partial charge in [-0.1, -0.05) is 6.07 Å². The number of benzene rings is 1. The highest BCUT2D eigenvalue weighted by Gasteiger charge is 2.25. The molecular weight excluding hydrogens is 283 g/mol. The fourth-order valence-corrected chi connectivity index (χ4v) is 1.74. The van der Waals surface area contributed by atoms with Crippen molar-refractivity contribution in [2.75, 3.05) is 0 Å². The Morgan fingerprint density at radius 2 is 2.29 bits per heavy atom. The summed E-state index contributed by atoms with van der Waals surface area (Å²) in [5.41, 5.74) is -0.929. The zero-order valence-corrected chi connectivity index (χ0v) is 10.4. The third-order valence-corrected chi connectivity index (χ3v) is 2.67. The molecule has 0 aliphatic heterocycles. The monoisotopic (exact) mass is 290 g/mol. The minimum absolute atomic E-state index is 0.0463. The van der Waals surface area contributed by atoms with Gasteiger partial charge in [0.05, 0.1) is 23.1 Å². The quantitative estimate of drug-likeness (QED) is 0.673. The lowest BCUT2D eigenvalue weighted by atomic mass is 10.1. The van der Waals surface area contributed by atoms with Crippen LogP contribution in [-0.2, 0) is 6.54 Å². The molecule has 21 heavy (non-hydrogen) atoms. The first-order valence-electron chi connectivity index (χ1n) is 5.56. The molecule has 2 aromatic rings. The smallest absolute Gasteiger partial charge is 0.363 e. The van der Waals surface area contributed by atoms with Crippen LogP contribution in [0.25, 0.3) is 0 Å². The molecule has 106 valence electrons. The maximum Gasteiger partial charge on any atom is 0.363 e.